The monoisotopic (exact) mass is 471 g/mol. The summed E-state index contributed by atoms with van der Waals surface area (Å²) in [6, 6.07) is 12.7. The van der Waals surface area contributed by atoms with Crippen LogP contribution < -0.4 is 5.32 Å². The van der Waals surface area contributed by atoms with Gasteiger partial charge in [0.2, 0.25) is 0 Å². The highest BCUT2D eigenvalue weighted by Crippen LogP contribution is 2.38. The molecule has 1 aromatic carbocycles. The molecule has 3 heterocycles. The Morgan fingerprint density at radius 1 is 1.19 bits per heavy atom. The van der Waals surface area contributed by atoms with Gasteiger partial charge in [0.1, 0.15) is 11.5 Å². The zero-order chi connectivity index (χ0) is 14.4. The predicted molar refractivity (Wildman–Crippen MR) is 99.5 cm³/mol. The van der Waals surface area contributed by atoms with Crippen LogP contribution >= 0.6 is 49.9 Å². The molecule has 0 spiro atoms. The minimum Gasteiger partial charge on any atom is -0.369 e. The molecule has 0 fully saturated rings. The third-order valence-corrected chi connectivity index (χ3v) is 5.88. The van der Waals surface area contributed by atoms with Gasteiger partial charge in [-0.2, -0.15) is 5.10 Å². The molecule has 21 heavy (non-hydrogen) atoms. The first kappa shape index (κ1) is 13.8. The van der Waals surface area contributed by atoms with Crippen LogP contribution in [-0.2, 0) is 6.42 Å². The second-order valence-corrected chi connectivity index (χ2v) is 8.55. The van der Waals surface area contributed by atoms with Crippen molar-refractivity contribution in [3.63, 3.8) is 0 Å². The summed E-state index contributed by atoms with van der Waals surface area (Å²) in [5.41, 5.74) is 3.52. The van der Waals surface area contributed by atoms with Crippen molar-refractivity contribution in [1.82, 2.24) is 9.78 Å². The maximum atomic E-state index is 4.86. The first-order valence-electron chi connectivity index (χ1n) is 6.60. The van der Waals surface area contributed by atoms with Crippen molar-refractivity contribution in [2.24, 2.45) is 0 Å². The van der Waals surface area contributed by atoms with E-state index in [1.807, 2.05) is 4.68 Å². The molecule has 1 aliphatic heterocycles. The molecule has 6 heteroatoms. The quantitative estimate of drug-likeness (QED) is 0.536. The fraction of sp³-hybridized carbons (Fsp3) is 0.133. The van der Waals surface area contributed by atoms with Crippen LogP contribution in [0.2, 0.25) is 0 Å². The summed E-state index contributed by atoms with van der Waals surface area (Å²) < 4.78 is 4.40. The van der Waals surface area contributed by atoms with Gasteiger partial charge in [0.25, 0.3) is 0 Å². The number of rotatable bonds is 2. The summed E-state index contributed by atoms with van der Waals surface area (Å²) in [4.78, 5) is 1.21. The van der Waals surface area contributed by atoms with Gasteiger partial charge < -0.3 is 5.32 Å². The summed E-state index contributed by atoms with van der Waals surface area (Å²) in [5, 5.41) is 8.33. The van der Waals surface area contributed by atoms with Crippen LogP contribution in [0.5, 0.6) is 0 Å². The summed E-state index contributed by atoms with van der Waals surface area (Å²) in [7, 11) is 0. The van der Waals surface area contributed by atoms with Crippen molar-refractivity contribution < 1.29 is 0 Å². The lowest BCUT2D eigenvalue weighted by Crippen LogP contribution is -2.04. The van der Waals surface area contributed by atoms with Gasteiger partial charge in [-0.1, -0.05) is 0 Å². The SMILES string of the molecule is Brc1ccc(-c2nn(-c3ccc(I)cc3)c3c2CCN3)s1. The van der Waals surface area contributed by atoms with Crippen LogP contribution in [0.1, 0.15) is 5.56 Å². The van der Waals surface area contributed by atoms with Gasteiger partial charge >= 0.3 is 0 Å². The van der Waals surface area contributed by atoms with E-state index in [9.17, 15) is 0 Å². The van der Waals surface area contributed by atoms with Crippen molar-refractivity contribution >= 4 is 55.7 Å². The first-order chi connectivity index (χ1) is 10.2. The van der Waals surface area contributed by atoms with E-state index >= 15 is 0 Å². The third kappa shape index (κ3) is 2.43. The van der Waals surface area contributed by atoms with Crippen LogP contribution in [0.15, 0.2) is 40.2 Å². The number of nitrogens with one attached hydrogen (secondary N) is 1. The molecular formula is C15H11BrIN3S. The van der Waals surface area contributed by atoms with Gasteiger partial charge in [0, 0.05) is 15.7 Å². The van der Waals surface area contributed by atoms with E-state index in [0.29, 0.717) is 0 Å². The Hall–Kier alpha value is -0.860. The van der Waals surface area contributed by atoms with E-state index in [0.717, 1.165) is 34.0 Å². The zero-order valence-electron chi connectivity index (χ0n) is 10.9. The number of halogens is 2. The highest BCUT2D eigenvalue weighted by molar-refractivity contribution is 14.1. The molecule has 3 aromatic rings. The molecule has 106 valence electrons. The molecule has 3 nitrogen and oxygen atoms in total. The Balaban J connectivity index is 1.88. The second kappa shape index (κ2) is 5.40. The summed E-state index contributed by atoms with van der Waals surface area (Å²) in [5.74, 6) is 1.13. The Morgan fingerprint density at radius 2 is 2.00 bits per heavy atom. The Morgan fingerprint density at radius 3 is 2.71 bits per heavy atom. The number of hydrogen-bond donors (Lipinski definition) is 1. The highest BCUT2D eigenvalue weighted by Gasteiger charge is 2.24. The summed E-state index contributed by atoms with van der Waals surface area (Å²) in [6.07, 6.45) is 1.03. The van der Waals surface area contributed by atoms with E-state index in [4.69, 9.17) is 5.10 Å². The van der Waals surface area contributed by atoms with Gasteiger partial charge in [-0.25, -0.2) is 4.68 Å². The number of anilines is 1. The van der Waals surface area contributed by atoms with Crippen molar-refractivity contribution in [2.75, 3.05) is 11.9 Å². The van der Waals surface area contributed by atoms with Crippen molar-refractivity contribution in [1.29, 1.82) is 0 Å². The van der Waals surface area contributed by atoms with Gasteiger partial charge in [-0.15, -0.1) is 11.3 Å². The molecule has 0 aliphatic carbocycles. The van der Waals surface area contributed by atoms with Crippen LogP contribution in [-0.4, -0.2) is 16.3 Å². The molecule has 2 aromatic heterocycles. The lowest BCUT2D eigenvalue weighted by Gasteiger charge is -2.06. The van der Waals surface area contributed by atoms with E-state index in [1.54, 1.807) is 11.3 Å². The lowest BCUT2D eigenvalue weighted by molar-refractivity contribution is 0.883. The number of hydrogen-bond acceptors (Lipinski definition) is 3. The van der Waals surface area contributed by atoms with E-state index in [1.165, 1.54) is 14.0 Å². The predicted octanol–water partition coefficient (Wildman–Crippen LogP) is 4.94. The van der Waals surface area contributed by atoms with Crippen LogP contribution in [0.3, 0.4) is 0 Å². The minimum absolute atomic E-state index is 0.983. The molecule has 0 saturated carbocycles. The topological polar surface area (TPSA) is 29.9 Å². The standard InChI is InChI=1S/C15H11BrIN3S/c16-13-6-5-12(21-13)14-11-7-8-18-15(11)20(19-14)10-3-1-9(17)2-4-10/h1-6,18H,7-8H2. The molecular weight excluding hydrogens is 461 g/mol. The van der Waals surface area contributed by atoms with Gasteiger partial charge in [-0.3, -0.25) is 0 Å². The van der Waals surface area contributed by atoms with Crippen LogP contribution in [0.4, 0.5) is 5.82 Å². The molecule has 4 rings (SSSR count). The van der Waals surface area contributed by atoms with E-state index in [-0.39, 0.29) is 0 Å². The number of benzene rings is 1. The smallest absolute Gasteiger partial charge is 0.133 e. The number of thiophene rings is 1. The fourth-order valence-corrected chi connectivity index (χ4v) is 4.34. The van der Waals surface area contributed by atoms with E-state index < -0.39 is 0 Å². The largest absolute Gasteiger partial charge is 0.369 e. The molecule has 0 unspecified atom stereocenters. The third-order valence-electron chi connectivity index (χ3n) is 3.53. The molecule has 0 atom stereocenters. The average Bonchev–Trinajstić information content (AvgIpc) is 3.15. The van der Waals surface area contributed by atoms with Gasteiger partial charge in [-0.05, 0) is 81.3 Å². The second-order valence-electron chi connectivity index (χ2n) is 4.84. The molecule has 1 aliphatic rings. The van der Waals surface area contributed by atoms with Crippen LogP contribution in [0, 0.1) is 3.57 Å². The van der Waals surface area contributed by atoms with Crippen molar-refractivity contribution in [3.05, 3.63) is 49.3 Å². The average molecular weight is 472 g/mol. The summed E-state index contributed by atoms with van der Waals surface area (Å²) in [6.45, 7) is 0.983. The minimum atomic E-state index is 0.983. The maximum absolute atomic E-state index is 4.86. The van der Waals surface area contributed by atoms with Gasteiger partial charge in [0.15, 0.2) is 0 Å². The number of fused-ring (bicyclic) bond motifs is 1. The maximum Gasteiger partial charge on any atom is 0.133 e. The van der Waals surface area contributed by atoms with E-state index in [2.05, 4.69) is 80.2 Å². The summed E-state index contributed by atoms with van der Waals surface area (Å²) >= 11 is 7.59. The Labute approximate surface area is 148 Å². The first-order valence-corrected chi connectivity index (χ1v) is 9.28. The fourth-order valence-electron chi connectivity index (χ4n) is 2.58. The Bertz CT molecular complexity index is 807. The normalized spacial score (nSPS) is 13.2. The Kier molecular flexibility index (Phi) is 3.55. The van der Waals surface area contributed by atoms with Crippen molar-refractivity contribution in [3.8, 4) is 16.3 Å². The van der Waals surface area contributed by atoms with Gasteiger partial charge in [0.05, 0.1) is 14.4 Å². The number of nitrogens with zero attached hydrogens (tertiary/aromatic N) is 2. The number of aromatic nitrogens is 2. The molecule has 1 N–H and O–H groups in total. The zero-order valence-corrected chi connectivity index (χ0v) is 15.5. The molecule has 0 amide bonds. The molecule has 0 radical (unpaired) electrons. The molecule has 0 saturated heterocycles. The highest BCUT2D eigenvalue weighted by atomic mass is 127. The molecule has 0 bridgehead atoms. The van der Waals surface area contributed by atoms with Crippen LogP contribution in [0.25, 0.3) is 16.3 Å². The van der Waals surface area contributed by atoms with Crippen molar-refractivity contribution in [2.45, 2.75) is 6.42 Å². The lowest BCUT2D eigenvalue weighted by atomic mass is 10.2.